The van der Waals surface area contributed by atoms with E-state index in [0.717, 1.165) is 33.9 Å². The molecule has 0 spiro atoms. The first-order valence-electron chi connectivity index (χ1n) is 8.86. The van der Waals surface area contributed by atoms with Crippen LogP contribution in [0.25, 0.3) is 17.0 Å². The van der Waals surface area contributed by atoms with Crippen LogP contribution in [0.4, 0.5) is 0 Å². The first kappa shape index (κ1) is 18.7. The van der Waals surface area contributed by atoms with Gasteiger partial charge in [-0.2, -0.15) is 0 Å². The van der Waals surface area contributed by atoms with Gasteiger partial charge < -0.3 is 14.3 Å². The number of oxazole rings is 1. The molecule has 3 rings (SSSR count). The minimum Gasteiger partial charge on any atom is -0.487 e. The monoisotopic (exact) mass is 361 g/mol. The first-order valence-corrected chi connectivity index (χ1v) is 8.86. The molecule has 3 aromatic rings. The zero-order valence-electron chi connectivity index (χ0n) is 15.6. The molecule has 0 saturated carbocycles. The van der Waals surface area contributed by atoms with Gasteiger partial charge in [-0.25, -0.2) is 4.98 Å². The van der Waals surface area contributed by atoms with Crippen LogP contribution in [0.1, 0.15) is 23.9 Å². The largest absolute Gasteiger partial charge is 0.487 e. The highest BCUT2D eigenvalue weighted by molar-refractivity contribution is 5.66. The van der Waals surface area contributed by atoms with Crippen molar-refractivity contribution in [1.29, 1.82) is 0 Å². The topological polar surface area (TPSA) is 55.5 Å². The van der Waals surface area contributed by atoms with E-state index < -0.39 is 0 Å². The van der Waals surface area contributed by atoms with Crippen molar-refractivity contribution >= 4 is 5.57 Å². The van der Waals surface area contributed by atoms with E-state index in [9.17, 15) is 0 Å². The number of rotatable bonds is 7. The van der Waals surface area contributed by atoms with Crippen LogP contribution < -0.4 is 4.74 Å². The Bertz CT molecular complexity index is 939. The molecule has 4 nitrogen and oxygen atoms in total. The SMILES string of the molecule is CC(=CC=CCO)c1cccc(OCc2nc(-c3ccccc3)oc2C)c1. The molecule has 0 atom stereocenters. The van der Waals surface area contributed by atoms with Gasteiger partial charge in [-0.05, 0) is 49.2 Å². The van der Waals surface area contributed by atoms with Crippen LogP contribution in [-0.2, 0) is 6.61 Å². The standard InChI is InChI=1S/C23H23NO3/c1-17(9-6-7-14-25)20-12-8-13-21(15-20)26-16-22-18(2)27-23(24-22)19-10-4-3-5-11-19/h3-13,15,25H,14,16H2,1-2H3. The summed E-state index contributed by atoms with van der Waals surface area (Å²) in [5, 5.41) is 8.82. The summed E-state index contributed by atoms with van der Waals surface area (Å²) >= 11 is 0. The molecule has 138 valence electrons. The number of aliphatic hydroxyl groups excluding tert-OH is 1. The number of allylic oxidation sites excluding steroid dienone is 3. The van der Waals surface area contributed by atoms with Gasteiger partial charge in [-0.15, -0.1) is 0 Å². The van der Waals surface area contributed by atoms with Crippen LogP contribution in [0.15, 0.2) is 77.2 Å². The van der Waals surface area contributed by atoms with Crippen molar-refractivity contribution < 1.29 is 14.3 Å². The molecule has 0 aliphatic heterocycles. The lowest BCUT2D eigenvalue weighted by Crippen LogP contribution is -1.98. The van der Waals surface area contributed by atoms with Gasteiger partial charge in [0.05, 0.1) is 6.61 Å². The highest BCUT2D eigenvalue weighted by atomic mass is 16.5. The van der Waals surface area contributed by atoms with Gasteiger partial charge in [0.1, 0.15) is 23.8 Å². The highest BCUT2D eigenvalue weighted by Crippen LogP contribution is 2.24. The lowest BCUT2D eigenvalue weighted by Gasteiger charge is -2.07. The number of aromatic nitrogens is 1. The van der Waals surface area contributed by atoms with Crippen molar-refractivity contribution in [2.45, 2.75) is 20.5 Å². The highest BCUT2D eigenvalue weighted by Gasteiger charge is 2.12. The second kappa shape index (κ2) is 9.01. The fourth-order valence-corrected chi connectivity index (χ4v) is 2.62. The third kappa shape index (κ3) is 4.96. The van der Waals surface area contributed by atoms with Gasteiger partial charge in [0.25, 0.3) is 0 Å². The molecule has 0 bridgehead atoms. The van der Waals surface area contributed by atoms with E-state index >= 15 is 0 Å². The van der Waals surface area contributed by atoms with E-state index in [-0.39, 0.29) is 6.61 Å². The molecule has 2 aromatic carbocycles. The predicted molar refractivity (Wildman–Crippen MR) is 107 cm³/mol. The molecule has 0 aliphatic rings. The van der Waals surface area contributed by atoms with Crippen LogP contribution >= 0.6 is 0 Å². The van der Waals surface area contributed by atoms with E-state index in [2.05, 4.69) is 4.98 Å². The quantitative estimate of drug-likeness (QED) is 0.589. The minimum atomic E-state index is 0.0367. The van der Waals surface area contributed by atoms with Gasteiger partial charge >= 0.3 is 0 Å². The smallest absolute Gasteiger partial charge is 0.226 e. The number of nitrogens with zero attached hydrogens (tertiary/aromatic N) is 1. The van der Waals surface area contributed by atoms with Gasteiger partial charge in [0, 0.05) is 5.56 Å². The van der Waals surface area contributed by atoms with Crippen molar-refractivity contribution in [3.05, 3.63) is 89.8 Å². The predicted octanol–water partition coefficient (Wildman–Crippen LogP) is 5.18. The maximum Gasteiger partial charge on any atom is 0.226 e. The van der Waals surface area contributed by atoms with E-state index in [1.54, 1.807) is 6.08 Å². The maximum absolute atomic E-state index is 8.82. The summed E-state index contributed by atoms with van der Waals surface area (Å²) in [6, 6.07) is 17.7. The number of hydrogen-bond donors (Lipinski definition) is 1. The van der Waals surface area contributed by atoms with E-state index in [1.165, 1.54) is 0 Å². The molecule has 1 aromatic heterocycles. The normalized spacial score (nSPS) is 11.9. The molecule has 0 unspecified atom stereocenters. The molecule has 0 saturated heterocycles. The van der Waals surface area contributed by atoms with Crippen molar-refractivity contribution in [1.82, 2.24) is 4.98 Å². The molecule has 0 aliphatic carbocycles. The summed E-state index contributed by atoms with van der Waals surface area (Å²) in [4.78, 5) is 4.57. The van der Waals surface area contributed by atoms with E-state index in [1.807, 2.05) is 80.6 Å². The fourth-order valence-electron chi connectivity index (χ4n) is 2.62. The molecule has 1 heterocycles. The molecule has 0 amide bonds. The summed E-state index contributed by atoms with van der Waals surface area (Å²) in [5.41, 5.74) is 3.90. The van der Waals surface area contributed by atoms with Crippen molar-refractivity contribution in [2.24, 2.45) is 0 Å². The van der Waals surface area contributed by atoms with Crippen molar-refractivity contribution in [3.8, 4) is 17.2 Å². The summed E-state index contributed by atoms with van der Waals surface area (Å²) in [5.74, 6) is 2.14. The second-order valence-corrected chi connectivity index (χ2v) is 6.16. The molecule has 4 heteroatoms. The Morgan fingerprint density at radius 3 is 2.74 bits per heavy atom. The lowest BCUT2D eigenvalue weighted by atomic mass is 10.1. The summed E-state index contributed by atoms with van der Waals surface area (Å²) in [7, 11) is 0. The molecule has 27 heavy (non-hydrogen) atoms. The lowest BCUT2D eigenvalue weighted by molar-refractivity contribution is 0.299. The Balaban J connectivity index is 1.71. The van der Waals surface area contributed by atoms with Crippen LogP contribution in [0.2, 0.25) is 0 Å². The van der Waals surface area contributed by atoms with Crippen LogP contribution in [-0.4, -0.2) is 16.7 Å². The average Bonchev–Trinajstić information content (AvgIpc) is 3.08. The Hall–Kier alpha value is -3.11. The first-order chi connectivity index (χ1) is 13.2. The number of aliphatic hydroxyl groups is 1. The zero-order valence-corrected chi connectivity index (χ0v) is 15.6. The van der Waals surface area contributed by atoms with Gasteiger partial charge in [-0.3, -0.25) is 0 Å². The summed E-state index contributed by atoms with van der Waals surface area (Å²) in [6.45, 7) is 4.30. The van der Waals surface area contributed by atoms with Gasteiger partial charge in [0.15, 0.2) is 0 Å². The van der Waals surface area contributed by atoms with Crippen LogP contribution in [0, 0.1) is 6.92 Å². The summed E-state index contributed by atoms with van der Waals surface area (Å²) in [6.07, 6.45) is 5.50. The summed E-state index contributed by atoms with van der Waals surface area (Å²) < 4.78 is 11.7. The van der Waals surface area contributed by atoms with E-state index in [4.69, 9.17) is 14.3 Å². The number of aryl methyl sites for hydroxylation is 1. The fraction of sp³-hybridized carbons (Fsp3) is 0.174. The third-order valence-corrected chi connectivity index (χ3v) is 4.17. The Morgan fingerprint density at radius 2 is 1.96 bits per heavy atom. The molecular weight excluding hydrogens is 338 g/mol. The van der Waals surface area contributed by atoms with Gasteiger partial charge in [0.2, 0.25) is 5.89 Å². The van der Waals surface area contributed by atoms with Crippen molar-refractivity contribution in [3.63, 3.8) is 0 Å². The van der Waals surface area contributed by atoms with Crippen LogP contribution in [0.3, 0.4) is 0 Å². The maximum atomic E-state index is 8.82. The number of hydrogen-bond acceptors (Lipinski definition) is 4. The Morgan fingerprint density at radius 1 is 1.15 bits per heavy atom. The average molecular weight is 361 g/mol. The van der Waals surface area contributed by atoms with E-state index in [0.29, 0.717) is 12.5 Å². The molecule has 0 fully saturated rings. The van der Waals surface area contributed by atoms with Crippen molar-refractivity contribution in [2.75, 3.05) is 6.61 Å². The molecule has 1 N–H and O–H groups in total. The number of benzene rings is 2. The minimum absolute atomic E-state index is 0.0367. The Labute approximate surface area is 159 Å². The third-order valence-electron chi connectivity index (χ3n) is 4.17. The second-order valence-electron chi connectivity index (χ2n) is 6.16. The Kier molecular flexibility index (Phi) is 6.23. The molecule has 0 radical (unpaired) electrons. The molecular formula is C23H23NO3. The number of ether oxygens (including phenoxy) is 1. The van der Waals surface area contributed by atoms with Gasteiger partial charge in [-0.1, -0.05) is 48.6 Å². The zero-order chi connectivity index (χ0) is 19.1. The van der Waals surface area contributed by atoms with Crippen LogP contribution in [0.5, 0.6) is 5.75 Å².